The molecule has 0 amide bonds. The standard InChI is InChI=1S/C20H25N3O4.C2H2O4/c1-26-19-8-5-17(20(13-19)27-2)15-22-11-9-21(10-12-22)14-16-3-6-18(7-4-16)23(24)25;3-1(4)2(5)6/h3-8,13H,9-12,14-15H2,1-2H3;(H,3,4)(H,5,6). The van der Waals surface area contributed by atoms with Gasteiger partial charge in [0.25, 0.3) is 5.69 Å². The Hall–Kier alpha value is -3.70. The minimum atomic E-state index is -1.82. The Morgan fingerprint density at radius 3 is 1.91 bits per heavy atom. The summed E-state index contributed by atoms with van der Waals surface area (Å²) >= 11 is 0. The molecule has 2 aromatic carbocycles. The summed E-state index contributed by atoms with van der Waals surface area (Å²) in [5.41, 5.74) is 2.39. The van der Waals surface area contributed by atoms with E-state index in [1.165, 1.54) is 0 Å². The van der Waals surface area contributed by atoms with Crippen molar-refractivity contribution in [3.05, 3.63) is 63.7 Å². The second-order valence-corrected chi connectivity index (χ2v) is 7.26. The first-order chi connectivity index (χ1) is 15.7. The van der Waals surface area contributed by atoms with Gasteiger partial charge in [-0.1, -0.05) is 18.2 Å². The number of nitro benzene ring substituents is 1. The van der Waals surface area contributed by atoms with Crippen molar-refractivity contribution in [2.45, 2.75) is 13.1 Å². The lowest BCUT2D eigenvalue weighted by atomic mass is 10.1. The zero-order chi connectivity index (χ0) is 24.4. The SMILES string of the molecule is COc1ccc(CN2CCN(Cc3ccc([N+](=O)[O-])cc3)CC2)c(OC)c1.O=C(O)C(=O)O. The fraction of sp³-hybridized carbons (Fsp3) is 0.364. The highest BCUT2D eigenvalue weighted by atomic mass is 16.6. The number of rotatable bonds is 7. The maximum absolute atomic E-state index is 10.7. The molecule has 2 aromatic rings. The van der Waals surface area contributed by atoms with Gasteiger partial charge >= 0.3 is 11.9 Å². The molecular formula is C22H27N3O8. The van der Waals surface area contributed by atoms with Gasteiger partial charge in [-0.3, -0.25) is 19.9 Å². The van der Waals surface area contributed by atoms with Crippen LogP contribution >= 0.6 is 0 Å². The van der Waals surface area contributed by atoms with Crippen molar-refractivity contribution in [1.29, 1.82) is 0 Å². The van der Waals surface area contributed by atoms with E-state index in [-0.39, 0.29) is 10.6 Å². The van der Waals surface area contributed by atoms with Gasteiger partial charge in [0, 0.05) is 63.0 Å². The minimum absolute atomic E-state index is 0.136. The zero-order valence-corrected chi connectivity index (χ0v) is 18.5. The summed E-state index contributed by atoms with van der Waals surface area (Å²) in [4.78, 5) is 33.4. The Labute approximate surface area is 190 Å². The van der Waals surface area contributed by atoms with E-state index in [1.54, 1.807) is 26.4 Å². The summed E-state index contributed by atoms with van der Waals surface area (Å²) in [6.45, 7) is 5.55. The molecule has 0 saturated carbocycles. The van der Waals surface area contributed by atoms with E-state index in [0.717, 1.165) is 61.9 Å². The van der Waals surface area contributed by atoms with Crippen LogP contribution in [-0.4, -0.2) is 77.3 Å². The molecule has 1 aliphatic heterocycles. The average Bonchev–Trinajstić information content (AvgIpc) is 2.81. The van der Waals surface area contributed by atoms with Crippen LogP contribution in [-0.2, 0) is 22.7 Å². The quantitative estimate of drug-likeness (QED) is 0.357. The second kappa shape index (κ2) is 12.4. The van der Waals surface area contributed by atoms with E-state index in [9.17, 15) is 10.1 Å². The highest BCUT2D eigenvalue weighted by Crippen LogP contribution is 2.26. The summed E-state index contributed by atoms with van der Waals surface area (Å²) in [6.07, 6.45) is 0. The number of carboxylic acids is 2. The third kappa shape index (κ3) is 8.05. The van der Waals surface area contributed by atoms with Crippen LogP contribution in [0.5, 0.6) is 11.5 Å². The first kappa shape index (κ1) is 25.6. The van der Waals surface area contributed by atoms with Crippen molar-refractivity contribution in [2.24, 2.45) is 0 Å². The fourth-order valence-electron chi connectivity index (χ4n) is 3.31. The topological polar surface area (TPSA) is 143 Å². The molecule has 0 aromatic heterocycles. The van der Waals surface area contributed by atoms with Crippen molar-refractivity contribution in [3.8, 4) is 11.5 Å². The normalized spacial score (nSPS) is 14.0. The number of ether oxygens (including phenoxy) is 2. The maximum atomic E-state index is 10.7. The van der Waals surface area contributed by atoms with E-state index in [4.69, 9.17) is 29.3 Å². The molecule has 33 heavy (non-hydrogen) atoms. The molecule has 0 bridgehead atoms. The van der Waals surface area contributed by atoms with Crippen LogP contribution in [0.4, 0.5) is 5.69 Å². The van der Waals surface area contributed by atoms with Gasteiger partial charge in [0.1, 0.15) is 11.5 Å². The predicted octanol–water partition coefficient (Wildman–Crippen LogP) is 2.09. The van der Waals surface area contributed by atoms with Gasteiger partial charge in [-0.05, 0) is 11.6 Å². The van der Waals surface area contributed by atoms with E-state index < -0.39 is 11.9 Å². The molecule has 1 aliphatic rings. The second-order valence-electron chi connectivity index (χ2n) is 7.26. The third-order valence-corrected chi connectivity index (χ3v) is 5.09. The Balaban J connectivity index is 0.000000569. The Kier molecular flexibility index (Phi) is 9.58. The first-order valence-corrected chi connectivity index (χ1v) is 10.1. The van der Waals surface area contributed by atoms with Crippen LogP contribution in [0.25, 0.3) is 0 Å². The number of carboxylic acid groups (broad SMARTS) is 2. The zero-order valence-electron chi connectivity index (χ0n) is 18.5. The molecule has 1 saturated heterocycles. The number of aliphatic carboxylic acids is 2. The van der Waals surface area contributed by atoms with Crippen LogP contribution in [0.15, 0.2) is 42.5 Å². The number of nitrogens with zero attached hydrogens (tertiary/aromatic N) is 3. The van der Waals surface area contributed by atoms with Crippen molar-refractivity contribution in [2.75, 3.05) is 40.4 Å². The Morgan fingerprint density at radius 1 is 0.909 bits per heavy atom. The number of benzene rings is 2. The predicted molar refractivity (Wildman–Crippen MR) is 118 cm³/mol. The van der Waals surface area contributed by atoms with Crippen molar-refractivity contribution in [3.63, 3.8) is 0 Å². The van der Waals surface area contributed by atoms with E-state index in [1.807, 2.05) is 24.3 Å². The lowest BCUT2D eigenvalue weighted by molar-refractivity contribution is -0.384. The van der Waals surface area contributed by atoms with E-state index in [0.29, 0.717) is 0 Å². The number of hydrogen-bond acceptors (Lipinski definition) is 8. The summed E-state index contributed by atoms with van der Waals surface area (Å²) in [7, 11) is 3.33. The lowest BCUT2D eigenvalue weighted by Gasteiger charge is -2.35. The van der Waals surface area contributed by atoms with Crippen LogP contribution < -0.4 is 9.47 Å². The molecule has 0 aliphatic carbocycles. The van der Waals surface area contributed by atoms with Gasteiger partial charge in [0.15, 0.2) is 0 Å². The molecule has 11 heteroatoms. The molecule has 0 spiro atoms. The number of methoxy groups -OCH3 is 2. The molecule has 178 valence electrons. The summed E-state index contributed by atoms with van der Waals surface area (Å²) in [5.74, 6) is -2.00. The van der Waals surface area contributed by atoms with Gasteiger partial charge in [-0.15, -0.1) is 0 Å². The van der Waals surface area contributed by atoms with Gasteiger partial charge in [0.2, 0.25) is 0 Å². The molecule has 11 nitrogen and oxygen atoms in total. The van der Waals surface area contributed by atoms with Gasteiger partial charge in [-0.2, -0.15) is 0 Å². The van der Waals surface area contributed by atoms with E-state index in [2.05, 4.69) is 15.9 Å². The molecule has 3 rings (SSSR count). The average molecular weight is 461 g/mol. The minimum Gasteiger partial charge on any atom is -0.497 e. The molecule has 2 N–H and O–H groups in total. The van der Waals surface area contributed by atoms with Crippen molar-refractivity contribution in [1.82, 2.24) is 9.80 Å². The molecule has 1 heterocycles. The van der Waals surface area contributed by atoms with Crippen LogP contribution in [0.2, 0.25) is 0 Å². The Bertz CT molecular complexity index is 945. The van der Waals surface area contributed by atoms with Gasteiger partial charge in [-0.25, -0.2) is 9.59 Å². The van der Waals surface area contributed by atoms with Crippen LogP contribution in [0, 0.1) is 10.1 Å². The van der Waals surface area contributed by atoms with E-state index >= 15 is 0 Å². The number of piperazine rings is 1. The summed E-state index contributed by atoms with van der Waals surface area (Å²) in [6, 6.07) is 12.8. The molecule has 0 atom stereocenters. The van der Waals surface area contributed by atoms with Crippen LogP contribution in [0.3, 0.4) is 0 Å². The fourth-order valence-corrected chi connectivity index (χ4v) is 3.31. The van der Waals surface area contributed by atoms with Crippen LogP contribution in [0.1, 0.15) is 11.1 Å². The third-order valence-electron chi connectivity index (χ3n) is 5.09. The smallest absolute Gasteiger partial charge is 0.414 e. The largest absolute Gasteiger partial charge is 0.497 e. The molecule has 1 fully saturated rings. The highest BCUT2D eigenvalue weighted by molar-refractivity contribution is 6.27. The molecular weight excluding hydrogens is 434 g/mol. The number of hydrogen-bond donors (Lipinski definition) is 2. The van der Waals surface area contributed by atoms with Crippen molar-refractivity contribution < 1.29 is 34.2 Å². The molecule has 0 unspecified atom stereocenters. The number of non-ortho nitro benzene ring substituents is 1. The maximum Gasteiger partial charge on any atom is 0.414 e. The molecule has 0 radical (unpaired) electrons. The van der Waals surface area contributed by atoms with Gasteiger partial charge in [0.05, 0.1) is 19.1 Å². The lowest BCUT2D eigenvalue weighted by Crippen LogP contribution is -2.45. The summed E-state index contributed by atoms with van der Waals surface area (Å²) < 4.78 is 10.7. The Morgan fingerprint density at radius 2 is 1.45 bits per heavy atom. The highest BCUT2D eigenvalue weighted by Gasteiger charge is 2.19. The van der Waals surface area contributed by atoms with Crippen molar-refractivity contribution >= 4 is 17.6 Å². The number of carbonyl (C=O) groups is 2. The first-order valence-electron chi connectivity index (χ1n) is 10.1. The number of nitro groups is 1. The monoisotopic (exact) mass is 461 g/mol. The van der Waals surface area contributed by atoms with Gasteiger partial charge < -0.3 is 19.7 Å². The summed E-state index contributed by atoms with van der Waals surface area (Å²) in [5, 5.41) is 25.5.